The van der Waals surface area contributed by atoms with Crippen molar-refractivity contribution in [3.63, 3.8) is 0 Å². The number of benzene rings is 3. The van der Waals surface area contributed by atoms with E-state index in [4.69, 9.17) is 9.15 Å². The molecule has 7 nitrogen and oxygen atoms in total. The summed E-state index contributed by atoms with van der Waals surface area (Å²) in [7, 11) is 1.69. The standard InChI is InChI=1S/C30H28N4O3/c1-19-5-3-4-6-24(19)29-33-32-28(37-29)21-7-9-22(10-8-21)30(35)34-15-13-20(14-16-34)26-18-31-27-12-11-23(36-2)17-25(26)27/h3-12,17-18,20,31H,13-16H2,1-2H3. The Kier molecular flexibility index (Phi) is 5.96. The molecule has 1 amide bonds. The van der Waals surface area contributed by atoms with Gasteiger partial charge in [0.2, 0.25) is 11.8 Å². The van der Waals surface area contributed by atoms with Gasteiger partial charge >= 0.3 is 0 Å². The second-order valence-corrected chi connectivity index (χ2v) is 9.53. The molecule has 37 heavy (non-hydrogen) atoms. The van der Waals surface area contributed by atoms with E-state index in [1.807, 2.05) is 66.4 Å². The van der Waals surface area contributed by atoms with E-state index in [0.29, 0.717) is 23.3 Å². The molecule has 2 aromatic heterocycles. The monoisotopic (exact) mass is 492 g/mol. The molecule has 1 aliphatic rings. The first-order valence-corrected chi connectivity index (χ1v) is 12.5. The van der Waals surface area contributed by atoms with Gasteiger partial charge in [-0.3, -0.25) is 4.79 Å². The number of aromatic nitrogens is 3. The van der Waals surface area contributed by atoms with Crippen LogP contribution in [0.3, 0.4) is 0 Å². The maximum absolute atomic E-state index is 13.2. The first-order valence-electron chi connectivity index (χ1n) is 12.5. The normalized spacial score (nSPS) is 14.3. The fourth-order valence-corrected chi connectivity index (χ4v) is 5.18. The van der Waals surface area contributed by atoms with Crippen molar-refractivity contribution in [2.24, 2.45) is 0 Å². The number of hydrogen-bond acceptors (Lipinski definition) is 5. The summed E-state index contributed by atoms with van der Waals surface area (Å²) in [6, 6.07) is 21.4. The summed E-state index contributed by atoms with van der Waals surface area (Å²) in [6.45, 7) is 3.47. The highest BCUT2D eigenvalue weighted by Gasteiger charge is 2.26. The number of nitrogens with zero attached hydrogens (tertiary/aromatic N) is 3. The van der Waals surface area contributed by atoms with Crippen LogP contribution < -0.4 is 4.74 Å². The molecule has 3 aromatic carbocycles. The summed E-state index contributed by atoms with van der Waals surface area (Å²) < 4.78 is 11.3. The number of rotatable bonds is 5. The molecule has 5 aromatic rings. The van der Waals surface area contributed by atoms with Crippen molar-refractivity contribution < 1.29 is 13.9 Å². The lowest BCUT2D eigenvalue weighted by atomic mass is 9.89. The maximum atomic E-state index is 13.2. The summed E-state index contributed by atoms with van der Waals surface area (Å²) in [5.74, 6) is 2.25. The quantitative estimate of drug-likeness (QED) is 0.315. The number of likely N-dealkylation sites (tertiary alicyclic amines) is 1. The van der Waals surface area contributed by atoms with Crippen molar-refractivity contribution in [2.75, 3.05) is 20.2 Å². The van der Waals surface area contributed by atoms with Crippen LogP contribution in [0.1, 0.15) is 40.2 Å². The molecule has 1 N–H and O–H groups in total. The molecule has 1 saturated heterocycles. The Balaban J connectivity index is 1.12. The molecule has 0 unspecified atom stereocenters. The van der Waals surface area contributed by atoms with Gasteiger partial charge in [0, 0.05) is 46.9 Å². The molecule has 0 saturated carbocycles. The van der Waals surface area contributed by atoms with E-state index < -0.39 is 0 Å². The highest BCUT2D eigenvalue weighted by molar-refractivity contribution is 5.94. The van der Waals surface area contributed by atoms with E-state index in [9.17, 15) is 4.79 Å². The molecule has 0 aliphatic carbocycles. The SMILES string of the molecule is COc1ccc2[nH]cc(C3CCN(C(=O)c4ccc(-c5nnc(-c6ccccc6C)o5)cc4)CC3)c2c1. The van der Waals surface area contributed by atoms with Crippen LogP contribution in [-0.2, 0) is 0 Å². The third kappa shape index (κ3) is 4.37. The number of fused-ring (bicyclic) bond motifs is 1. The van der Waals surface area contributed by atoms with Gasteiger partial charge in [-0.05, 0) is 85.3 Å². The van der Waals surface area contributed by atoms with Crippen LogP contribution in [0.5, 0.6) is 5.75 Å². The lowest BCUT2D eigenvalue weighted by molar-refractivity contribution is 0.0713. The second kappa shape index (κ2) is 9.58. The van der Waals surface area contributed by atoms with Crippen LogP contribution in [0.4, 0.5) is 0 Å². The zero-order chi connectivity index (χ0) is 25.4. The Morgan fingerprint density at radius 1 is 1.00 bits per heavy atom. The first-order chi connectivity index (χ1) is 18.1. The average Bonchev–Trinajstić information content (AvgIpc) is 3.60. The lowest BCUT2D eigenvalue weighted by Crippen LogP contribution is -2.37. The molecule has 0 bridgehead atoms. The van der Waals surface area contributed by atoms with E-state index in [1.165, 1.54) is 10.9 Å². The molecule has 0 spiro atoms. The van der Waals surface area contributed by atoms with Crippen molar-refractivity contribution in [1.29, 1.82) is 0 Å². The number of amides is 1. The summed E-state index contributed by atoms with van der Waals surface area (Å²) in [6.07, 6.45) is 3.96. The summed E-state index contributed by atoms with van der Waals surface area (Å²) in [5, 5.41) is 9.62. The zero-order valence-corrected chi connectivity index (χ0v) is 20.9. The van der Waals surface area contributed by atoms with Crippen LogP contribution in [-0.4, -0.2) is 46.2 Å². The third-order valence-corrected chi connectivity index (χ3v) is 7.32. The fraction of sp³-hybridized carbons (Fsp3) is 0.233. The van der Waals surface area contributed by atoms with Crippen LogP contribution in [0.2, 0.25) is 0 Å². The van der Waals surface area contributed by atoms with Crippen LogP contribution in [0, 0.1) is 6.92 Å². The Labute approximate surface area is 215 Å². The predicted molar refractivity (Wildman–Crippen MR) is 143 cm³/mol. The lowest BCUT2D eigenvalue weighted by Gasteiger charge is -2.32. The van der Waals surface area contributed by atoms with Crippen molar-refractivity contribution >= 4 is 16.8 Å². The van der Waals surface area contributed by atoms with Gasteiger partial charge in [0.15, 0.2) is 0 Å². The Morgan fingerprint density at radius 2 is 1.76 bits per heavy atom. The molecule has 0 radical (unpaired) electrons. The van der Waals surface area contributed by atoms with E-state index >= 15 is 0 Å². The largest absolute Gasteiger partial charge is 0.497 e. The van der Waals surface area contributed by atoms with Gasteiger partial charge in [-0.25, -0.2) is 0 Å². The number of carbonyl (C=O) groups is 1. The number of hydrogen-bond donors (Lipinski definition) is 1. The van der Waals surface area contributed by atoms with Gasteiger partial charge < -0.3 is 19.0 Å². The maximum Gasteiger partial charge on any atom is 0.253 e. The summed E-state index contributed by atoms with van der Waals surface area (Å²) in [4.78, 5) is 18.5. The summed E-state index contributed by atoms with van der Waals surface area (Å²) in [5.41, 5.74) is 5.86. The fourth-order valence-electron chi connectivity index (χ4n) is 5.18. The van der Waals surface area contributed by atoms with Gasteiger partial charge in [0.25, 0.3) is 5.91 Å². The third-order valence-electron chi connectivity index (χ3n) is 7.32. The minimum absolute atomic E-state index is 0.0525. The van der Waals surface area contributed by atoms with Crippen molar-refractivity contribution in [3.8, 4) is 28.7 Å². The molecule has 1 fully saturated rings. The molecule has 186 valence electrons. The predicted octanol–water partition coefficient (Wildman–Crippen LogP) is 6.22. The molecule has 6 rings (SSSR count). The van der Waals surface area contributed by atoms with Crippen molar-refractivity contribution in [3.05, 3.63) is 89.6 Å². The van der Waals surface area contributed by atoms with Gasteiger partial charge in [-0.2, -0.15) is 0 Å². The number of aromatic amines is 1. The number of carbonyl (C=O) groups excluding carboxylic acids is 1. The highest BCUT2D eigenvalue weighted by Crippen LogP contribution is 2.35. The number of piperidine rings is 1. The average molecular weight is 493 g/mol. The van der Waals surface area contributed by atoms with Gasteiger partial charge in [-0.1, -0.05) is 18.2 Å². The zero-order valence-electron chi connectivity index (χ0n) is 20.9. The number of nitrogens with one attached hydrogen (secondary N) is 1. The topological polar surface area (TPSA) is 84.2 Å². The first kappa shape index (κ1) is 23.0. The molecule has 7 heteroatoms. The summed E-state index contributed by atoms with van der Waals surface area (Å²) >= 11 is 0. The van der Waals surface area contributed by atoms with E-state index in [2.05, 4.69) is 33.5 Å². The molecule has 3 heterocycles. The second-order valence-electron chi connectivity index (χ2n) is 9.53. The van der Waals surface area contributed by atoms with Gasteiger partial charge in [0.05, 0.1) is 7.11 Å². The van der Waals surface area contributed by atoms with Crippen molar-refractivity contribution in [2.45, 2.75) is 25.7 Å². The molecule has 0 atom stereocenters. The Bertz CT molecular complexity index is 1560. The number of ether oxygens (including phenoxy) is 1. The van der Waals surface area contributed by atoms with Gasteiger partial charge in [0.1, 0.15) is 5.75 Å². The van der Waals surface area contributed by atoms with Crippen LogP contribution in [0.15, 0.2) is 77.3 Å². The Morgan fingerprint density at radius 3 is 2.51 bits per heavy atom. The minimum atomic E-state index is 0.0525. The van der Waals surface area contributed by atoms with Gasteiger partial charge in [-0.15, -0.1) is 10.2 Å². The van der Waals surface area contributed by atoms with Crippen molar-refractivity contribution in [1.82, 2.24) is 20.1 Å². The minimum Gasteiger partial charge on any atom is -0.497 e. The van der Waals surface area contributed by atoms with Crippen LogP contribution in [0.25, 0.3) is 33.8 Å². The molecule has 1 aliphatic heterocycles. The van der Waals surface area contributed by atoms with E-state index in [0.717, 1.165) is 53.9 Å². The Hall–Kier alpha value is -4.39. The number of aryl methyl sites for hydroxylation is 1. The molecular weight excluding hydrogens is 464 g/mol. The van der Waals surface area contributed by atoms with E-state index in [1.54, 1.807) is 7.11 Å². The highest BCUT2D eigenvalue weighted by atomic mass is 16.5. The van der Waals surface area contributed by atoms with E-state index in [-0.39, 0.29) is 5.91 Å². The molecular formula is C30H28N4O3. The number of H-pyrrole nitrogens is 1. The number of methoxy groups -OCH3 is 1. The smallest absolute Gasteiger partial charge is 0.253 e. The van der Waals surface area contributed by atoms with Crippen LogP contribution >= 0.6 is 0 Å².